The lowest BCUT2D eigenvalue weighted by molar-refractivity contribution is 0.0954. The summed E-state index contributed by atoms with van der Waals surface area (Å²) in [5.74, 6) is 2.02. The molecule has 0 bridgehead atoms. The molecule has 1 heterocycles. The first-order chi connectivity index (χ1) is 13.7. The Morgan fingerprint density at radius 2 is 1.66 bits per heavy atom. The van der Waals surface area contributed by atoms with Crippen molar-refractivity contribution in [3.05, 3.63) is 71.8 Å². The summed E-state index contributed by atoms with van der Waals surface area (Å²) in [7, 11) is 1.82. The standard InChI is InChI=1S/C23H30N4O.HI/c1-18-17-27(16-13-21(18)19-9-5-3-6-10-19)23(24-2)26-15-14-25-22(28)20-11-7-4-8-12-20;/h3-12,18,21H,13-17H2,1-2H3,(H,24,26)(H,25,28);1H. The molecule has 29 heavy (non-hydrogen) atoms. The summed E-state index contributed by atoms with van der Waals surface area (Å²) in [6.07, 6.45) is 1.12. The molecule has 6 heteroatoms. The Morgan fingerprint density at radius 3 is 2.28 bits per heavy atom. The Labute approximate surface area is 191 Å². The molecule has 2 aromatic rings. The predicted molar refractivity (Wildman–Crippen MR) is 130 cm³/mol. The SMILES string of the molecule is CN=C(NCCNC(=O)c1ccccc1)N1CCC(c2ccccc2)C(C)C1.I. The molecular formula is C23H31IN4O. The molecule has 0 spiro atoms. The van der Waals surface area contributed by atoms with Crippen LogP contribution in [-0.2, 0) is 0 Å². The van der Waals surface area contributed by atoms with Gasteiger partial charge in [0.05, 0.1) is 0 Å². The van der Waals surface area contributed by atoms with E-state index in [-0.39, 0.29) is 29.9 Å². The van der Waals surface area contributed by atoms with Crippen molar-refractivity contribution >= 4 is 35.8 Å². The minimum Gasteiger partial charge on any atom is -0.354 e. The van der Waals surface area contributed by atoms with Crippen LogP contribution < -0.4 is 10.6 Å². The lowest BCUT2D eigenvalue weighted by atomic mass is 9.82. The molecule has 3 rings (SSSR count). The number of aliphatic imine (C=N–C) groups is 1. The summed E-state index contributed by atoms with van der Waals surface area (Å²) in [4.78, 5) is 18.9. The van der Waals surface area contributed by atoms with Crippen molar-refractivity contribution in [2.45, 2.75) is 19.3 Å². The van der Waals surface area contributed by atoms with Gasteiger partial charge in [-0.15, -0.1) is 24.0 Å². The average molecular weight is 506 g/mol. The van der Waals surface area contributed by atoms with E-state index in [1.54, 1.807) is 0 Å². The van der Waals surface area contributed by atoms with E-state index < -0.39 is 0 Å². The number of halogens is 1. The van der Waals surface area contributed by atoms with E-state index in [2.05, 4.69) is 57.8 Å². The van der Waals surface area contributed by atoms with Gasteiger partial charge in [-0.1, -0.05) is 55.5 Å². The third-order valence-corrected chi connectivity index (χ3v) is 5.37. The highest BCUT2D eigenvalue weighted by Gasteiger charge is 2.28. The van der Waals surface area contributed by atoms with Crippen molar-refractivity contribution in [3.8, 4) is 0 Å². The van der Waals surface area contributed by atoms with Crippen molar-refractivity contribution < 1.29 is 4.79 Å². The topological polar surface area (TPSA) is 56.7 Å². The summed E-state index contributed by atoms with van der Waals surface area (Å²) in [5.41, 5.74) is 2.12. The molecule has 2 unspecified atom stereocenters. The largest absolute Gasteiger partial charge is 0.354 e. The van der Waals surface area contributed by atoms with Gasteiger partial charge in [0.1, 0.15) is 0 Å². The van der Waals surface area contributed by atoms with Gasteiger partial charge in [0.2, 0.25) is 0 Å². The van der Waals surface area contributed by atoms with Gasteiger partial charge in [-0.2, -0.15) is 0 Å². The minimum atomic E-state index is -0.0466. The summed E-state index contributed by atoms with van der Waals surface area (Å²) < 4.78 is 0. The monoisotopic (exact) mass is 506 g/mol. The van der Waals surface area contributed by atoms with Crippen molar-refractivity contribution in [2.75, 3.05) is 33.2 Å². The van der Waals surface area contributed by atoms with Crippen molar-refractivity contribution in [1.82, 2.24) is 15.5 Å². The first kappa shape index (κ1) is 23.2. The summed E-state index contributed by atoms with van der Waals surface area (Å²) in [5, 5.41) is 6.33. The molecule has 1 amide bonds. The third kappa shape index (κ3) is 6.45. The quantitative estimate of drug-likeness (QED) is 0.281. The van der Waals surface area contributed by atoms with Gasteiger partial charge in [-0.05, 0) is 36.0 Å². The Hall–Kier alpha value is -2.09. The number of piperidine rings is 1. The smallest absolute Gasteiger partial charge is 0.251 e. The molecule has 1 saturated heterocycles. The predicted octanol–water partition coefficient (Wildman–Crippen LogP) is 3.74. The number of nitrogens with zero attached hydrogens (tertiary/aromatic N) is 2. The number of likely N-dealkylation sites (tertiary alicyclic amines) is 1. The Morgan fingerprint density at radius 1 is 1.03 bits per heavy atom. The second-order valence-corrected chi connectivity index (χ2v) is 7.33. The molecule has 1 aliphatic heterocycles. The molecule has 2 atom stereocenters. The van der Waals surface area contributed by atoms with Gasteiger partial charge in [-0.25, -0.2) is 0 Å². The Bertz CT molecular complexity index is 782. The Balaban J connectivity index is 0.00000300. The average Bonchev–Trinajstić information content (AvgIpc) is 2.75. The van der Waals surface area contributed by atoms with E-state index >= 15 is 0 Å². The molecule has 0 saturated carbocycles. The van der Waals surface area contributed by atoms with Crippen LogP contribution in [0.25, 0.3) is 0 Å². The van der Waals surface area contributed by atoms with Crippen molar-refractivity contribution in [2.24, 2.45) is 10.9 Å². The maximum Gasteiger partial charge on any atom is 0.251 e. The van der Waals surface area contributed by atoms with Crippen LogP contribution in [0.1, 0.15) is 35.2 Å². The fourth-order valence-corrected chi connectivity index (χ4v) is 3.91. The number of carbonyl (C=O) groups is 1. The third-order valence-electron chi connectivity index (χ3n) is 5.37. The van der Waals surface area contributed by atoms with Crippen LogP contribution in [0, 0.1) is 5.92 Å². The second-order valence-electron chi connectivity index (χ2n) is 7.33. The molecule has 2 N–H and O–H groups in total. The van der Waals surface area contributed by atoms with E-state index in [1.807, 2.05) is 37.4 Å². The number of hydrogen-bond donors (Lipinski definition) is 2. The summed E-state index contributed by atoms with van der Waals surface area (Å²) in [6.45, 7) is 5.49. The van der Waals surface area contributed by atoms with Gasteiger partial charge < -0.3 is 15.5 Å². The van der Waals surface area contributed by atoms with E-state index in [0.717, 1.165) is 25.5 Å². The number of hydrogen-bond acceptors (Lipinski definition) is 2. The van der Waals surface area contributed by atoms with Crippen molar-refractivity contribution in [1.29, 1.82) is 0 Å². The zero-order chi connectivity index (χ0) is 19.8. The Kier molecular flexibility index (Phi) is 9.44. The van der Waals surface area contributed by atoms with Crippen LogP contribution in [0.15, 0.2) is 65.7 Å². The maximum atomic E-state index is 12.1. The maximum absolute atomic E-state index is 12.1. The number of benzene rings is 2. The van der Waals surface area contributed by atoms with Crippen LogP contribution in [0.3, 0.4) is 0 Å². The highest BCUT2D eigenvalue weighted by atomic mass is 127. The van der Waals surface area contributed by atoms with Gasteiger partial charge in [0, 0.05) is 38.8 Å². The van der Waals surface area contributed by atoms with Gasteiger partial charge in [0.15, 0.2) is 5.96 Å². The van der Waals surface area contributed by atoms with E-state index in [1.165, 1.54) is 5.56 Å². The number of carbonyl (C=O) groups excluding carboxylic acids is 1. The van der Waals surface area contributed by atoms with Crippen LogP contribution >= 0.6 is 24.0 Å². The fraction of sp³-hybridized carbons (Fsp3) is 0.391. The summed E-state index contributed by atoms with van der Waals surface area (Å²) in [6, 6.07) is 20.1. The van der Waals surface area contributed by atoms with E-state index in [4.69, 9.17) is 0 Å². The summed E-state index contributed by atoms with van der Waals surface area (Å²) >= 11 is 0. The molecular weight excluding hydrogens is 475 g/mol. The molecule has 1 aliphatic rings. The fourth-order valence-electron chi connectivity index (χ4n) is 3.91. The molecule has 0 aliphatic carbocycles. The van der Waals surface area contributed by atoms with Gasteiger partial charge in [0.25, 0.3) is 5.91 Å². The van der Waals surface area contributed by atoms with Crippen LogP contribution in [-0.4, -0.2) is 50.0 Å². The highest BCUT2D eigenvalue weighted by molar-refractivity contribution is 14.0. The van der Waals surface area contributed by atoms with Crippen LogP contribution in [0.5, 0.6) is 0 Å². The van der Waals surface area contributed by atoms with E-state index in [0.29, 0.717) is 30.5 Å². The molecule has 156 valence electrons. The van der Waals surface area contributed by atoms with Gasteiger partial charge >= 0.3 is 0 Å². The first-order valence-electron chi connectivity index (χ1n) is 10.0. The van der Waals surface area contributed by atoms with Crippen LogP contribution in [0.4, 0.5) is 0 Å². The molecule has 1 fully saturated rings. The lowest BCUT2D eigenvalue weighted by Gasteiger charge is -2.39. The van der Waals surface area contributed by atoms with Gasteiger partial charge in [-0.3, -0.25) is 9.79 Å². The number of rotatable bonds is 5. The first-order valence-corrected chi connectivity index (χ1v) is 10.0. The number of nitrogens with one attached hydrogen (secondary N) is 2. The van der Waals surface area contributed by atoms with Crippen LogP contribution in [0.2, 0.25) is 0 Å². The zero-order valence-electron chi connectivity index (χ0n) is 17.2. The zero-order valence-corrected chi connectivity index (χ0v) is 19.5. The normalized spacial score (nSPS) is 19.2. The molecule has 0 radical (unpaired) electrons. The minimum absolute atomic E-state index is 0. The highest BCUT2D eigenvalue weighted by Crippen LogP contribution is 2.32. The number of amides is 1. The van der Waals surface area contributed by atoms with E-state index in [9.17, 15) is 4.79 Å². The number of guanidine groups is 1. The second kappa shape index (κ2) is 11.8. The lowest BCUT2D eigenvalue weighted by Crippen LogP contribution is -2.49. The van der Waals surface area contributed by atoms with Crippen molar-refractivity contribution in [3.63, 3.8) is 0 Å². The molecule has 5 nitrogen and oxygen atoms in total. The molecule has 0 aromatic heterocycles. The molecule has 2 aromatic carbocycles.